The second-order valence-electron chi connectivity index (χ2n) is 4.45. The van der Waals surface area contributed by atoms with Gasteiger partial charge in [-0.3, -0.25) is 0 Å². The first-order valence-electron chi connectivity index (χ1n) is 6.36. The van der Waals surface area contributed by atoms with Crippen molar-refractivity contribution in [3.63, 3.8) is 0 Å². The van der Waals surface area contributed by atoms with Crippen molar-refractivity contribution in [1.82, 2.24) is 4.90 Å². The van der Waals surface area contributed by atoms with Crippen molar-refractivity contribution in [2.45, 2.75) is 65.8 Å². The van der Waals surface area contributed by atoms with Gasteiger partial charge in [-0.1, -0.05) is 34.6 Å². The van der Waals surface area contributed by atoms with E-state index in [2.05, 4.69) is 32.7 Å². The molecule has 86 valence electrons. The minimum atomic E-state index is 0.525. The average Bonchev–Trinajstić information content (AvgIpc) is 2.25. The first-order chi connectivity index (χ1) is 6.64. The van der Waals surface area contributed by atoms with Crippen LogP contribution in [0, 0.1) is 5.92 Å². The molecule has 1 saturated heterocycles. The molecule has 0 radical (unpaired) electrons. The summed E-state index contributed by atoms with van der Waals surface area (Å²) in [5, 5.41) is 0. The van der Waals surface area contributed by atoms with E-state index in [1.807, 2.05) is 13.8 Å². The van der Waals surface area contributed by atoms with Crippen LogP contribution in [0.4, 0.5) is 0 Å². The minimum Gasteiger partial charge on any atom is -0.301 e. The third-order valence-corrected chi connectivity index (χ3v) is 3.81. The maximum absolute atomic E-state index is 2.58. The van der Waals surface area contributed by atoms with Crippen molar-refractivity contribution in [1.29, 1.82) is 0 Å². The summed E-state index contributed by atoms with van der Waals surface area (Å²) in [5.41, 5.74) is 0.525. The Labute approximate surface area is 90.9 Å². The molecule has 1 unspecified atom stereocenters. The second-order valence-corrected chi connectivity index (χ2v) is 4.45. The molecule has 1 aliphatic heterocycles. The summed E-state index contributed by atoms with van der Waals surface area (Å²) in [4.78, 5) is 2.58. The lowest BCUT2D eigenvalue weighted by Crippen LogP contribution is -2.50. The molecule has 0 bridgehead atoms. The van der Waals surface area contributed by atoms with Gasteiger partial charge < -0.3 is 4.90 Å². The Morgan fingerprint density at radius 3 is 2.07 bits per heavy atom. The van der Waals surface area contributed by atoms with Crippen LogP contribution in [-0.4, -0.2) is 24.0 Å². The Bertz CT molecular complexity index is 138. The van der Waals surface area contributed by atoms with Crippen molar-refractivity contribution in [2.24, 2.45) is 5.92 Å². The van der Waals surface area contributed by atoms with E-state index in [1.54, 1.807) is 0 Å². The van der Waals surface area contributed by atoms with E-state index < -0.39 is 0 Å². The lowest BCUT2D eigenvalue weighted by atomic mass is 9.78. The summed E-state index contributed by atoms with van der Waals surface area (Å²) in [7, 11) is 2.29. The molecule has 1 atom stereocenters. The predicted octanol–water partition coefficient (Wildman–Crippen LogP) is 3.93. The van der Waals surface area contributed by atoms with Gasteiger partial charge in [-0.2, -0.15) is 0 Å². The van der Waals surface area contributed by atoms with Gasteiger partial charge in [0, 0.05) is 5.54 Å². The predicted molar refractivity (Wildman–Crippen MR) is 65.7 cm³/mol. The van der Waals surface area contributed by atoms with Crippen molar-refractivity contribution in [3.8, 4) is 0 Å². The normalized spacial score (nSPS) is 26.6. The summed E-state index contributed by atoms with van der Waals surface area (Å²) >= 11 is 0. The number of nitrogens with zero attached hydrogens (tertiary/aromatic N) is 1. The van der Waals surface area contributed by atoms with E-state index in [0.717, 1.165) is 5.92 Å². The van der Waals surface area contributed by atoms with Crippen LogP contribution in [0.1, 0.15) is 60.3 Å². The Kier molecular flexibility index (Phi) is 6.43. The van der Waals surface area contributed by atoms with Crippen LogP contribution >= 0.6 is 0 Å². The van der Waals surface area contributed by atoms with Crippen molar-refractivity contribution < 1.29 is 0 Å². The second kappa shape index (κ2) is 6.44. The van der Waals surface area contributed by atoms with E-state index >= 15 is 0 Å². The molecule has 0 aromatic heterocycles. The standard InChI is InChI=1S/C11H23N.C2H6/c1-5-11(6-2)9-10(3)7-8-12(11)4;1-2/h10H,5-9H2,1-4H3;1-2H3. The van der Waals surface area contributed by atoms with Crippen LogP contribution in [-0.2, 0) is 0 Å². The number of hydrogen-bond acceptors (Lipinski definition) is 1. The third kappa shape index (κ3) is 2.98. The highest BCUT2D eigenvalue weighted by Crippen LogP contribution is 2.35. The van der Waals surface area contributed by atoms with Crippen LogP contribution in [0.2, 0.25) is 0 Å². The van der Waals surface area contributed by atoms with E-state index in [4.69, 9.17) is 0 Å². The minimum absolute atomic E-state index is 0.525. The van der Waals surface area contributed by atoms with Gasteiger partial charge >= 0.3 is 0 Å². The molecule has 0 saturated carbocycles. The quantitative estimate of drug-likeness (QED) is 0.651. The summed E-state index contributed by atoms with van der Waals surface area (Å²) in [5.74, 6) is 0.932. The van der Waals surface area contributed by atoms with Crippen molar-refractivity contribution in [2.75, 3.05) is 13.6 Å². The lowest BCUT2D eigenvalue weighted by molar-refractivity contribution is 0.0398. The highest BCUT2D eigenvalue weighted by molar-refractivity contribution is 4.91. The zero-order chi connectivity index (χ0) is 11.2. The Morgan fingerprint density at radius 1 is 1.21 bits per heavy atom. The fourth-order valence-electron chi connectivity index (χ4n) is 2.64. The van der Waals surface area contributed by atoms with Crippen LogP contribution in [0.5, 0.6) is 0 Å². The highest BCUT2D eigenvalue weighted by atomic mass is 15.2. The molecule has 0 aromatic rings. The van der Waals surface area contributed by atoms with Gasteiger partial charge in [-0.15, -0.1) is 0 Å². The van der Waals surface area contributed by atoms with Gasteiger partial charge in [0.25, 0.3) is 0 Å². The first-order valence-corrected chi connectivity index (χ1v) is 6.36. The zero-order valence-corrected chi connectivity index (χ0v) is 11.1. The fourth-order valence-corrected chi connectivity index (χ4v) is 2.64. The Hall–Kier alpha value is -0.0400. The summed E-state index contributed by atoms with van der Waals surface area (Å²) in [6.45, 7) is 12.4. The Balaban J connectivity index is 0.000000791. The SMILES string of the molecule is CC.CCC1(CC)CC(C)CCN1C. The van der Waals surface area contributed by atoms with E-state index in [-0.39, 0.29) is 0 Å². The van der Waals surface area contributed by atoms with Gasteiger partial charge in [0.05, 0.1) is 0 Å². The molecule has 0 aromatic carbocycles. The lowest BCUT2D eigenvalue weighted by Gasteiger charge is -2.47. The highest BCUT2D eigenvalue weighted by Gasteiger charge is 2.35. The third-order valence-electron chi connectivity index (χ3n) is 3.81. The molecule has 1 heterocycles. The molecule has 1 aliphatic rings. The molecular formula is C13H29N. The maximum Gasteiger partial charge on any atom is 0.0203 e. The largest absolute Gasteiger partial charge is 0.301 e. The average molecular weight is 199 g/mol. The van der Waals surface area contributed by atoms with Gasteiger partial charge in [0.15, 0.2) is 0 Å². The summed E-state index contributed by atoms with van der Waals surface area (Å²) < 4.78 is 0. The molecule has 0 aliphatic carbocycles. The molecule has 1 fully saturated rings. The van der Waals surface area contributed by atoms with Crippen molar-refractivity contribution >= 4 is 0 Å². The summed E-state index contributed by atoms with van der Waals surface area (Å²) in [6, 6.07) is 0. The van der Waals surface area contributed by atoms with Crippen LogP contribution in [0.3, 0.4) is 0 Å². The van der Waals surface area contributed by atoms with Gasteiger partial charge in [-0.05, 0) is 45.2 Å². The van der Waals surface area contributed by atoms with E-state index in [1.165, 1.54) is 32.2 Å². The van der Waals surface area contributed by atoms with Gasteiger partial charge in [0.1, 0.15) is 0 Å². The first kappa shape index (κ1) is 14.0. The van der Waals surface area contributed by atoms with Crippen LogP contribution < -0.4 is 0 Å². The Morgan fingerprint density at radius 2 is 1.71 bits per heavy atom. The van der Waals surface area contributed by atoms with Crippen LogP contribution in [0.15, 0.2) is 0 Å². The molecule has 0 amide bonds. The van der Waals surface area contributed by atoms with Crippen molar-refractivity contribution in [3.05, 3.63) is 0 Å². The monoisotopic (exact) mass is 199 g/mol. The molecule has 1 rings (SSSR count). The molecule has 1 heteroatoms. The van der Waals surface area contributed by atoms with Gasteiger partial charge in [-0.25, -0.2) is 0 Å². The zero-order valence-electron chi connectivity index (χ0n) is 11.1. The topological polar surface area (TPSA) is 3.24 Å². The number of likely N-dealkylation sites (tertiary alicyclic amines) is 1. The molecular weight excluding hydrogens is 170 g/mol. The summed E-state index contributed by atoms with van der Waals surface area (Å²) in [6.07, 6.45) is 5.41. The molecule has 0 N–H and O–H groups in total. The number of hydrogen-bond donors (Lipinski definition) is 0. The number of piperidine rings is 1. The van der Waals surface area contributed by atoms with Crippen LogP contribution in [0.25, 0.3) is 0 Å². The van der Waals surface area contributed by atoms with E-state index in [0.29, 0.717) is 5.54 Å². The smallest absolute Gasteiger partial charge is 0.0203 e. The van der Waals surface area contributed by atoms with E-state index in [9.17, 15) is 0 Å². The molecule has 1 nitrogen and oxygen atoms in total. The fraction of sp³-hybridized carbons (Fsp3) is 1.00. The molecule has 0 spiro atoms. The molecule has 14 heavy (non-hydrogen) atoms. The number of rotatable bonds is 2. The maximum atomic E-state index is 2.58. The van der Waals surface area contributed by atoms with Gasteiger partial charge in [0.2, 0.25) is 0 Å².